The molecule has 1 aromatic rings. The first-order valence-electron chi connectivity index (χ1n) is 5.67. The van der Waals surface area contributed by atoms with E-state index in [0.717, 1.165) is 25.4 Å². The van der Waals surface area contributed by atoms with Crippen molar-refractivity contribution in [1.82, 2.24) is 5.32 Å². The molecule has 0 amide bonds. The van der Waals surface area contributed by atoms with Gasteiger partial charge >= 0.3 is 0 Å². The molecule has 0 unspecified atom stereocenters. The Hall–Kier alpha value is -0.540. The molecule has 0 fully saturated rings. The zero-order valence-electron chi connectivity index (χ0n) is 10.5. The summed E-state index contributed by atoms with van der Waals surface area (Å²) in [4.78, 5) is 0. The molecular weight excluding hydrogens is 266 g/mol. The Morgan fingerprint density at radius 2 is 1.94 bits per heavy atom. The Balaban J connectivity index is 2.73. The summed E-state index contributed by atoms with van der Waals surface area (Å²) in [5, 5.41) is 3.24. The zero-order chi connectivity index (χ0) is 12.1. The van der Waals surface area contributed by atoms with Gasteiger partial charge in [0, 0.05) is 11.0 Å². The van der Waals surface area contributed by atoms with Crippen molar-refractivity contribution in [3.63, 3.8) is 0 Å². The molecule has 0 bridgehead atoms. The number of likely N-dealkylation sites (N-methyl/N-ethyl adjacent to an activating group) is 1. The fraction of sp³-hybridized carbons (Fsp3) is 0.538. The number of hydrogen-bond donors (Lipinski definition) is 1. The van der Waals surface area contributed by atoms with Gasteiger partial charge in [0.15, 0.2) is 0 Å². The van der Waals surface area contributed by atoms with E-state index in [1.165, 1.54) is 21.2 Å². The van der Waals surface area contributed by atoms with Gasteiger partial charge in [0.2, 0.25) is 0 Å². The maximum absolute atomic E-state index is 5.77. The van der Waals surface area contributed by atoms with Crippen LogP contribution >= 0.6 is 15.9 Å². The van der Waals surface area contributed by atoms with Crippen LogP contribution in [0.3, 0.4) is 0 Å². The summed E-state index contributed by atoms with van der Waals surface area (Å²) in [5.41, 5.74) is 3.70. The van der Waals surface area contributed by atoms with E-state index in [1.54, 1.807) is 0 Å². The molecule has 0 spiro atoms. The molecule has 16 heavy (non-hydrogen) atoms. The van der Waals surface area contributed by atoms with E-state index in [9.17, 15) is 0 Å². The largest absolute Gasteiger partial charge is 0.492 e. The highest BCUT2D eigenvalue weighted by Crippen LogP contribution is 2.31. The maximum atomic E-state index is 5.77. The summed E-state index contributed by atoms with van der Waals surface area (Å²) in [5.74, 6) is 0.996. The van der Waals surface area contributed by atoms with Crippen LogP contribution in [0.4, 0.5) is 0 Å². The smallest absolute Gasteiger partial charge is 0.122 e. The van der Waals surface area contributed by atoms with Crippen LogP contribution < -0.4 is 10.1 Å². The van der Waals surface area contributed by atoms with E-state index in [4.69, 9.17) is 4.74 Å². The molecule has 0 saturated carbocycles. The quantitative estimate of drug-likeness (QED) is 0.838. The minimum Gasteiger partial charge on any atom is -0.492 e. The average Bonchev–Trinajstić information content (AvgIpc) is 2.28. The maximum Gasteiger partial charge on any atom is 0.122 e. The number of rotatable bonds is 5. The van der Waals surface area contributed by atoms with E-state index in [0.29, 0.717) is 0 Å². The van der Waals surface area contributed by atoms with Gasteiger partial charge < -0.3 is 10.1 Å². The van der Waals surface area contributed by atoms with Gasteiger partial charge in [-0.15, -0.1) is 0 Å². The molecule has 0 atom stereocenters. The number of halogens is 1. The van der Waals surface area contributed by atoms with Crippen LogP contribution in [-0.4, -0.2) is 19.7 Å². The van der Waals surface area contributed by atoms with Crippen molar-refractivity contribution in [1.29, 1.82) is 0 Å². The molecule has 1 rings (SSSR count). The second-order valence-corrected chi connectivity index (χ2v) is 4.75. The van der Waals surface area contributed by atoms with Gasteiger partial charge in [-0.05, 0) is 50.1 Å². The Morgan fingerprint density at radius 1 is 1.25 bits per heavy atom. The normalized spacial score (nSPS) is 10.6. The molecular formula is C13H20BrNO. The lowest BCUT2D eigenvalue weighted by molar-refractivity contribution is 0.313. The highest BCUT2D eigenvalue weighted by atomic mass is 79.9. The van der Waals surface area contributed by atoms with Gasteiger partial charge in [0.1, 0.15) is 12.4 Å². The van der Waals surface area contributed by atoms with Crippen molar-refractivity contribution in [3.05, 3.63) is 27.2 Å². The zero-order valence-corrected chi connectivity index (χ0v) is 12.1. The van der Waals surface area contributed by atoms with E-state index < -0.39 is 0 Å². The molecule has 0 heterocycles. The third kappa shape index (κ3) is 3.22. The van der Waals surface area contributed by atoms with E-state index in [1.807, 2.05) is 0 Å². The fourth-order valence-electron chi connectivity index (χ4n) is 1.57. The van der Waals surface area contributed by atoms with Gasteiger partial charge in [0.25, 0.3) is 0 Å². The van der Waals surface area contributed by atoms with Gasteiger partial charge in [-0.3, -0.25) is 0 Å². The van der Waals surface area contributed by atoms with Crippen molar-refractivity contribution in [2.75, 3.05) is 19.7 Å². The van der Waals surface area contributed by atoms with E-state index in [2.05, 4.69) is 55.0 Å². The summed E-state index contributed by atoms with van der Waals surface area (Å²) in [6.07, 6.45) is 0. The summed E-state index contributed by atoms with van der Waals surface area (Å²) in [7, 11) is 0. The van der Waals surface area contributed by atoms with Crippen molar-refractivity contribution in [2.45, 2.75) is 27.7 Å². The lowest BCUT2D eigenvalue weighted by atomic mass is 10.1. The molecule has 0 aromatic heterocycles. The van der Waals surface area contributed by atoms with Crippen molar-refractivity contribution in [3.8, 4) is 5.75 Å². The predicted molar refractivity (Wildman–Crippen MR) is 72.4 cm³/mol. The molecule has 0 saturated heterocycles. The van der Waals surface area contributed by atoms with Crippen molar-refractivity contribution >= 4 is 15.9 Å². The Kier molecular flexibility index (Phi) is 5.29. The highest BCUT2D eigenvalue weighted by Gasteiger charge is 2.08. The third-order valence-corrected chi connectivity index (χ3v) is 3.96. The van der Waals surface area contributed by atoms with Gasteiger partial charge in [-0.25, -0.2) is 0 Å². The molecule has 90 valence electrons. The lowest BCUT2D eigenvalue weighted by Gasteiger charge is -2.14. The van der Waals surface area contributed by atoms with E-state index >= 15 is 0 Å². The third-order valence-electron chi connectivity index (χ3n) is 2.74. The first-order chi connectivity index (χ1) is 7.57. The second-order valence-electron chi connectivity index (χ2n) is 3.96. The van der Waals surface area contributed by atoms with Crippen LogP contribution in [-0.2, 0) is 0 Å². The first kappa shape index (κ1) is 13.5. The Labute approximate surface area is 107 Å². The number of benzene rings is 1. The second kappa shape index (κ2) is 6.26. The molecule has 0 aliphatic carbocycles. The van der Waals surface area contributed by atoms with E-state index in [-0.39, 0.29) is 0 Å². The van der Waals surface area contributed by atoms with Gasteiger partial charge in [0.05, 0.1) is 0 Å². The molecule has 0 aliphatic rings. The fourth-order valence-corrected chi connectivity index (χ4v) is 1.99. The summed E-state index contributed by atoms with van der Waals surface area (Å²) in [6.45, 7) is 11.0. The highest BCUT2D eigenvalue weighted by molar-refractivity contribution is 9.10. The van der Waals surface area contributed by atoms with Crippen molar-refractivity contribution in [2.24, 2.45) is 0 Å². The summed E-state index contributed by atoms with van der Waals surface area (Å²) < 4.78 is 6.96. The SMILES string of the molecule is CCNCCOc1cc(C)c(Br)c(C)c1C. The number of ether oxygens (including phenoxy) is 1. The van der Waals surface area contributed by atoms with Crippen LogP contribution in [0, 0.1) is 20.8 Å². The first-order valence-corrected chi connectivity index (χ1v) is 6.47. The average molecular weight is 286 g/mol. The van der Waals surface area contributed by atoms with Gasteiger partial charge in [-0.1, -0.05) is 22.9 Å². The van der Waals surface area contributed by atoms with Crippen molar-refractivity contribution < 1.29 is 4.74 Å². The van der Waals surface area contributed by atoms with Crippen LogP contribution in [0.1, 0.15) is 23.6 Å². The summed E-state index contributed by atoms with van der Waals surface area (Å²) >= 11 is 3.59. The van der Waals surface area contributed by atoms with Crippen LogP contribution in [0.2, 0.25) is 0 Å². The molecule has 0 radical (unpaired) electrons. The number of hydrogen-bond acceptors (Lipinski definition) is 2. The predicted octanol–water partition coefficient (Wildman–Crippen LogP) is 3.36. The number of nitrogens with one attached hydrogen (secondary N) is 1. The minimum absolute atomic E-state index is 0.717. The molecule has 0 aliphatic heterocycles. The van der Waals surface area contributed by atoms with Gasteiger partial charge in [-0.2, -0.15) is 0 Å². The minimum atomic E-state index is 0.717. The van der Waals surface area contributed by atoms with Crippen LogP contribution in [0.15, 0.2) is 10.5 Å². The Bertz CT molecular complexity index is 363. The topological polar surface area (TPSA) is 21.3 Å². The van der Waals surface area contributed by atoms with Crippen LogP contribution in [0.25, 0.3) is 0 Å². The molecule has 1 N–H and O–H groups in total. The summed E-state index contributed by atoms with van der Waals surface area (Å²) in [6, 6.07) is 2.10. The lowest BCUT2D eigenvalue weighted by Crippen LogP contribution is -2.20. The molecule has 1 aromatic carbocycles. The standard InChI is InChI=1S/C13H20BrNO/c1-5-15-6-7-16-12-8-9(2)13(14)11(4)10(12)3/h8,15H,5-7H2,1-4H3. The molecule has 2 nitrogen and oxygen atoms in total. The molecule has 3 heteroatoms. The monoisotopic (exact) mass is 285 g/mol. The Morgan fingerprint density at radius 3 is 2.56 bits per heavy atom. The van der Waals surface area contributed by atoms with Crippen LogP contribution in [0.5, 0.6) is 5.75 Å². The number of aryl methyl sites for hydroxylation is 1.